The Balaban J connectivity index is 1.91. The first-order valence-corrected chi connectivity index (χ1v) is 7.24. The highest BCUT2D eigenvalue weighted by atomic mass is 127. The lowest BCUT2D eigenvalue weighted by Crippen LogP contribution is -2.05. The first-order chi connectivity index (χ1) is 10.1. The van der Waals surface area contributed by atoms with Crippen LogP contribution in [0.3, 0.4) is 0 Å². The van der Waals surface area contributed by atoms with Gasteiger partial charge in [0, 0.05) is 9.13 Å². The number of hydrogen-bond acceptors (Lipinski definition) is 3. The fourth-order valence-electron chi connectivity index (χ4n) is 1.84. The molecule has 0 atom stereocenters. The van der Waals surface area contributed by atoms with E-state index in [0.29, 0.717) is 5.56 Å². The minimum absolute atomic E-state index is 0.204. The molecule has 0 unspecified atom stereocenters. The van der Waals surface area contributed by atoms with Crippen molar-refractivity contribution in [2.24, 2.45) is 4.99 Å². The van der Waals surface area contributed by atoms with Gasteiger partial charge in [-0.3, -0.25) is 0 Å². The lowest BCUT2D eigenvalue weighted by atomic mass is 10.2. The Morgan fingerprint density at radius 3 is 2.38 bits per heavy atom. The van der Waals surface area contributed by atoms with Crippen LogP contribution in [0.4, 0.5) is 4.39 Å². The van der Waals surface area contributed by atoms with Crippen LogP contribution in [0.1, 0.15) is 11.1 Å². The van der Waals surface area contributed by atoms with Crippen LogP contribution < -0.4 is 0 Å². The molecule has 0 aromatic heterocycles. The van der Waals surface area contributed by atoms with Crippen molar-refractivity contribution >= 4 is 40.5 Å². The number of rotatable bonds is 2. The number of nitrogens with zero attached hydrogens (tertiary/aromatic N) is 1. The van der Waals surface area contributed by atoms with Gasteiger partial charge in [0.05, 0.1) is 0 Å². The van der Waals surface area contributed by atoms with Crippen molar-refractivity contribution in [3.63, 3.8) is 0 Å². The Labute approximate surface area is 134 Å². The number of halogens is 2. The smallest absolute Gasteiger partial charge is 0.363 e. The Kier molecular flexibility index (Phi) is 3.83. The number of benzene rings is 2. The van der Waals surface area contributed by atoms with Crippen LogP contribution in [0.2, 0.25) is 0 Å². The van der Waals surface area contributed by atoms with Crippen LogP contribution in [0, 0.1) is 9.39 Å². The Hall–Kier alpha value is -2.02. The van der Waals surface area contributed by atoms with Crippen LogP contribution >= 0.6 is 22.6 Å². The summed E-state index contributed by atoms with van der Waals surface area (Å²) >= 11 is 2.20. The van der Waals surface area contributed by atoms with E-state index in [1.54, 1.807) is 18.2 Å². The molecule has 2 aromatic rings. The lowest BCUT2D eigenvalue weighted by molar-refractivity contribution is -0.129. The van der Waals surface area contributed by atoms with Crippen LogP contribution in [0.5, 0.6) is 0 Å². The van der Waals surface area contributed by atoms with Gasteiger partial charge >= 0.3 is 5.97 Å². The number of hydrogen-bond donors (Lipinski definition) is 0. The van der Waals surface area contributed by atoms with E-state index in [1.165, 1.54) is 12.1 Å². The molecule has 0 fully saturated rings. The van der Waals surface area contributed by atoms with E-state index >= 15 is 0 Å². The van der Waals surface area contributed by atoms with E-state index in [9.17, 15) is 9.18 Å². The molecule has 0 amide bonds. The summed E-state index contributed by atoms with van der Waals surface area (Å²) in [6.45, 7) is 0. The molecule has 0 N–H and O–H groups in total. The molecule has 0 saturated heterocycles. The molecular weight excluding hydrogens is 384 g/mol. The van der Waals surface area contributed by atoms with E-state index in [-0.39, 0.29) is 17.4 Å². The maximum atomic E-state index is 12.9. The molecular formula is C16H9FINO2. The predicted molar refractivity (Wildman–Crippen MR) is 86.2 cm³/mol. The van der Waals surface area contributed by atoms with Gasteiger partial charge in [0.2, 0.25) is 5.90 Å². The average molecular weight is 393 g/mol. The largest absolute Gasteiger partial charge is 0.402 e. The first-order valence-electron chi connectivity index (χ1n) is 6.16. The van der Waals surface area contributed by atoms with Crippen LogP contribution in [0.25, 0.3) is 6.08 Å². The lowest BCUT2D eigenvalue weighted by Gasteiger charge is -1.98. The molecule has 0 saturated carbocycles. The maximum Gasteiger partial charge on any atom is 0.363 e. The summed E-state index contributed by atoms with van der Waals surface area (Å²) in [7, 11) is 0. The van der Waals surface area contributed by atoms with E-state index in [4.69, 9.17) is 4.74 Å². The van der Waals surface area contributed by atoms with Gasteiger partial charge in [-0.1, -0.05) is 12.1 Å². The fourth-order valence-corrected chi connectivity index (χ4v) is 2.20. The van der Waals surface area contributed by atoms with Gasteiger partial charge in [-0.25, -0.2) is 14.2 Å². The van der Waals surface area contributed by atoms with E-state index < -0.39 is 5.97 Å². The maximum absolute atomic E-state index is 12.9. The Morgan fingerprint density at radius 1 is 1.05 bits per heavy atom. The fraction of sp³-hybridized carbons (Fsp3) is 0. The molecule has 2 aromatic carbocycles. The second kappa shape index (κ2) is 5.77. The Bertz CT molecular complexity index is 749. The van der Waals surface area contributed by atoms with Crippen molar-refractivity contribution in [3.8, 4) is 0 Å². The molecule has 0 bridgehead atoms. The summed E-state index contributed by atoms with van der Waals surface area (Å²) in [6.07, 6.45) is 1.57. The van der Waals surface area contributed by atoms with Crippen molar-refractivity contribution in [1.82, 2.24) is 0 Å². The van der Waals surface area contributed by atoms with E-state index in [2.05, 4.69) is 27.6 Å². The molecule has 0 radical (unpaired) electrons. The third-order valence-electron chi connectivity index (χ3n) is 2.89. The zero-order chi connectivity index (χ0) is 14.8. The van der Waals surface area contributed by atoms with Crippen molar-refractivity contribution < 1.29 is 13.9 Å². The van der Waals surface area contributed by atoms with Gasteiger partial charge in [-0.2, -0.15) is 0 Å². The molecule has 104 valence electrons. The van der Waals surface area contributed by atoms with Gasteiger partial charge in [0.1, 0.15) is 5.82 Å². The molecule has 1 aliphatic rings. The molecule has 21 heavy (non-hydrogen) atoms. The van der Waals surface area contributed by atoms with E-state index in [0.717, 1.165) is 9.13 Å². The third-order valence-corrected chi connectivity index (χ3v) is 3.60. The molecule has 3 rings (SSSR count). The zero-order valence-electron chi connectivity index (χ0n) is 10.7. The monoisotopic (exact) mass is 393 g/mol. The summed E-state index contributed by atoms with van der Waals surface area (Å²) in [5.41, 5.74) is 1.64. The van der Waals surface area contributed by atoms with Crippen molar-refractivity contribution in [1.29, 1.82) is 0 Å². The second-order valence-corrected chi connectivity index (χ2v) is 5.64. The molecule has 0 spiro atoms. The summed E-state index contributed by atoms with van der Waals surface area (Å²) < 4.78 is 19.1. The van der Waals surface area contributed by atoms with Crippen molar-refractivity contribution in [3.05, 3.63) is 74.7 Å². The van der Waals surface area contributed by atoms with E-state index in [1.807, 2.05) is 24.3 Å². The van der Waals surface area contributed by atoms with Gasteiger partial charge in [0.15, 0.2) is 5.70 Å². The number of ether oxygens (including phenoxy) is 1. The molecule has 0 aliphatic carbocycles. The normalized spacial score (nSPS) is 16.0. The number of cyclic esters (lactones) is 1. The van der Waals surface area contributed by atoms with Gasteiger partial charge in [-0.05, 0) is 70.6 Å². The standard InChI is InChI=1S/C16H9FINO2/c17-12-5-1-10(2-6-12)9-14-16(20)21-15(19-14)11-3-7-13(18)8-4-11/h1-9H/b14-9-. The summed E-state index contributed by atoms with van der Waals surface area (Å²) in [5.74, 6) is -0.549. The summed E-state index contributed by atoms with van der Waals surface area (Å²) in [6, 6.07) is 13.3. The SMILES string of the molecule is O=C1OC(c2ccc(I)cc2)=N/C1=C\c1ccc(F)cc1. The van der Waals surface area contributed by atoms with Crippen molar-refractivity contribution in [2.45, 2.75) is 0 Å². The highest BCUT2D eigenvalue weighted by molar-refractivity contribution is 14.1. The third kappa shape index (κ3) is 3.18. The number of aliphatic imine (C=N–C) groups is 1. The number of esters is 1. The van der Waals surface area contributed by atoms with Crippen LogP contribution in [0.15, 0.2) is 59.2 Å². The number of carbonyl (C=O) groups is 1. The van der Waals surface area contributed by atoms with Gasteiger partial charge in [-0.15, -0.1) is 0 Å². The molecule has 1 heterocycles. The highest BCUT2D eigenvalue weighted by Gasteiger charge is 2.23. The topological polar surface area (TPSA) is 38.7 Å². The van der Waals surface area contributed by atoms with Crippen LogP contribution in [-0.2, 0) is 9.53 Å². The zero-order valence-corrected chi connectivity index (χ0v) is 12.9. The summed E-state index contributed by atoms with van der Waals surface area (Å²) in [5, 5.41) is 0. The summed E-state index contributed by atoms with van der Waals surface area (Å²) in [4.78, 5) is 16.0. The van der Waals surface area contributed by atoms with Crippen molar-refractivity contribution in [2.75, 3.05) is 0 Å². The van der Waals surface area contributed by atoms with Crippen LogP contribution in [-0.4, -0.2) is 11.9 Å². The highest BCUT2D eigenvalue weighted by Crippen LogP contribution is 2.19. The minimum atomic E-state index is -0.507. The first kappa shape index (κ1) is 13.9. The average Bonchev–Trinajstić information content (AvgIpc) is 2.83. The quantitative estimate of drug-likeness (QED) is 0.443. The van der Waals surface area contributed by atoms with Gasteiger partial charge in [0.25, 0.3) is 0 Å². The van der Waals surface area contributed by atoms with Gasteiger partial charge < -0.3 is 4.74 Å². The predicted octanol–water partition coefficient (Wildman–Crippen LogP) is 3.77. The Morgan fingerprint density at radius 2 is 1.71 bits per heavy atom. The molecule has 3 nitrogen and oxygen atoms in total. The second-order valence-electron chi connectivity index (χ2n) is 4.39. The molecule has 5 heteroatoms. The minimum Gasteiger partial charge on any atom is -0.402 e. The number of carbonyl (C=O) groups excluding carboxylic acids is 1. The molecule has 1 aliphatic heterocycles.